The summed E-state index contributed by atoms with van der Waals surface area (Å²) in [4.78, 5) is 33.9. The number of benzene rings is 1. The standard InChI is InChI=1S/C18H24O6/c19-16(20)12-6-4-2-1-3-5-9-13-24-18(23)15-11-8-7-10-14(15)17(21)22/h7-8,10-11H,1-6,9,12-13H2,(H,19,20)(H,21,22)/i7D,8D,10D,11D. The Balaban J connectivity index is 2.48. The molecule has 0 atom stereocenters. The highest BCUT2D eigenvalue weighted by Gasteiger charge is 2.16. The van der Waals surface area contributed by atoms with Crippen molar-refractivity contribution in [3.63, 3.8) is 0 Å². The number of aliphatic carboxylic acids is 1. The lowest BCUT2D eigenvalue weighted by Gasteiger charge is -2.07. The monoisotopic (exact) mass is 340 g/mol. The minimum atomic E-state index is -1.62. The summed E-state index contributed by atoms with van der Waals surface area (Å²) in [7, 11) is 0. The van der Waals surface area contributed by atoms with E-state index in [1.54, 1.807) is 0 Å². The van der Waals surface area contributed by atoms with Gasteiger partial charge >= 0.3 is 17.9 Å². The zero-order chi connectivity index (χ0) is 21.3. The van der Waals surface area contributed by atoms with Gasteiger partial charge in [0.05, 0.1) is 23.2 Å². The fourth-order valence-electron chi connectivity index (χ4n) is 2.13. The summed E-state index contributed by atoms with van der Waals surface area (Å²) in [6.45, 7) is 0.0135. The molecule has 0 fully saturated rings. The van der Waals surface area contributed by atoms with Crippen molar-refractivity contribution >= 4 is 17.9 Å². The molecule has 0 aliphatic heterocycles. The topological polar surface area (TPSA) is 101 Å². The number of carboxylic acid groups (broad SMARTS) is 2. The molecule has 6 nitrogen and oxygen atoms in total. The molecule has 0 radical (unpaired) electrons. The van der Waals surface area contributed by atoms with Gasteiger partial charge in [-0.1, -0.05) is 44.2 Å². The van der Waals surface area contributed by atoms with Gasteiger partial charge in [0.15, 0.2) is 0 Å². The van der Waals surface area contributed by atoms with E-state index in [0.29, 0.717) is 12.8 Å². The van der Waals surface area contributed by atoms with Crippen molar-refractivity contribution in [1.82, 2.24) is 0 Å². The first-order valence-electron chi connectivity index (χ1n) is 9.91. The van der Waals surface area contributed by atoms with E-state index < -0.39 is 53.2 Å². The number of hydrogen-bond acceptors (Lipinski definition) is 4. The number of carboxylic acids is 2. The normalized spacial score (nSPS) is 12.7. The number of hydrogen-bond donors (Lipinski definition) is 2. The SMILES string of the molecule is [2H]c1c([2H])c([2H])c(C(=O)OCCCCCCCCCC(=O)O)c(C(=O)O)c1[2H]. The van der Waals surface area contributed by atoms with Crippen molar-refractivity contribution in [2.45, 2.75) is 51.4 Å². The fourth-order valence-corrected chi connectivity index (χ4v) is 2.13. The Morgan fingerprint density at radius 2 is 1.42 bits per heavy atom. The van der Waals surface area contributed by atoms with E-state index in [1.165, 1.54) is 0 Å². The first kappa shape index (κ1) is 14.0. The van der Waals surface area contributed by atoms with E-state index in [9.17, 15) is 19.5 Å². The van der Waals surface area contributed by atoms with Crippen LogP contribution in [-0.4, -0.2) is 34.7 Å². The van der Waals surface area contributed by atoms with Gasteiger partial charge in [-0.05, 0) is 24.9 Å². The van der Waals surface area contributed by atoms with Crippen LogP contribution in [0.1, 0.15) is 77.6 Å². The summed E-state index contributed by atoms with van der Waals surface area (Å²) in [5.74, 6) is -3.50. The Morgan fingerprint density at radius 3 is 2.00 bits per heavy atom. The number of aromatic carboxylic acids is 1. The zero-order valence-electron chi connectivity index (χ0n) is 17.4. The first-order valence-corrected chi connectivity index (χ1v) is 7.91. The van der Waals surface area contributed by atoms with Gasteiger partial charge in [-0.2, -0.15) is 0 Å². The summed E-state index contributed by atoms with van der Waals surface area (Å²) < 4.78 is 35.5. The quantitative estimate of drug-likeness (QED) is 0.444. The molecule has 6 heteroatoms. The predicted octanol–water partition coefficient (Wildman–Crippen LogP) is 3.75. The van der Waals surface area contributed by atoms with Crippen LogP contribution in [-0.2, 0) is 9.53 Å². The molecule has 0 aliphatic carbocycles. The molecule has 0 heterocycles. The number of esters is 1. The van der Waals surface area contributed by atoms with Gasteiger partial charge in [0.25, 0.3) is 0 Å². The maximum atomic E-state index is 12.2. The maximum absolute atomic E-state index is 12.2. The number of unbranched alkanes of at least 4 members (excludes halogenated alkanes) is 6. The number of carbonyl (C=O) groups is 3. The molecule has 1 rings (SSSR count). The highest BCUT2D eigenvalue weighted by Crippen LogP contribution is 2.12. The second kappa shape index (κ2) is 11.2. The highest BCUT2D eigenvalue weighted by atomic mass is 16.5. The summed E-state index contributed by atoms with van der Waals surface area (Å²) in [5.41, 5.74) is -1.46. The Labute approximate surface area is 147 Å². The second-order valence-corrected chi connectivity index (χ2v) is 5.31. The van der Waals surface area contributed by atoms with Crippen LogP contribution < -0.4 is 0 Å². The van der Waals surface area contributed by atoms with E-state index >= 15 is 0 Å². The molecule has 0 saturated heterocycles. The van der Waals surface area contributed by atoms with Crippen LogP contribution in [0.15, 0.2) is 24.2 Å². The third-order valence-electron chi connectivity index (χ3n) is 3.37. The molecule has 1 aromatic rings. The van der Waals surface area contributed by atoms with E-state index in [2.05, 4.69) is 0 Å². The van der Waals surface area contributed by atoms with E-state index in [0.717, 1.165) is 32.1 Å². The molecule has 0 unspecified atom stereocenters. The van der Waals surface area contributed by atoms with Gasteiger partial charge in [0.1, 0.15) is 0 Å². The highest BCUT2D eigenvalue weighted by molar-refractivity contribution is 6.02. The van der Waals surface area contributed by atoms with Crippen LogP contribution in [0.5, 0.6) is 0 Å². The smallest absolute Gasteiger partial charge is 0.339 e. The third kappa shape index (κ3) is 7.76. The molecule has 24 heavy (non-hydrogen) atoms. The second-order valence-electron chi connectivity index (χ2n) is 5.31. The van der Waals surface area contributed by atoms with E-state index in [1.807, 2.05) is 0 Å². The van der Waals surface area contributed by atoms with Gasteiger partial charge < -0.3 is 14.9 Å². The van der Waals surface area contributed by atoms with Gasteiger partial charge in [0, 0.05) is 6.42 Å². The molecule has 1 aromatic carbocycles. The number of ether oxygens (including phenoxy) is 1. The van der Waals surface area contributed by atoms with Crippen molar-refractivity contribution in [2.24, 2.45) is 0 Å². The van der Waals surface area contributed by atoms with Crippen molar-refractivity contribution in [2.75, 3.05) is 6.61 Å². The molecule has 0 saturated carbocycles. The average molecular weight is 340 g/mol. The molecule has 2 N–H and O–H groups in total. The van der Waals surface area contributed by atoms with E-state index in [4.69, 9.17) is 15.3 Å². The lowest BCUT2D eigenvalue weighted by atomic mass is 10.1. The number of rotatable bonds is 12. The lowest BCUT2D eigenvalue weighted by Crippen LogP contribution is -2.12. The maximum Gasteiger partial charge on any atom is 0.339 e. The number of carbonyl (C=O) groups excluding carboxylic acids is 1. The minimum Gasteiger partial charge on any atom is -0.481 e. The van der Waals surface area contributed by atoms with Gasteiger partial charge in [-0.25, -0.2) is 9.59 Å². The molecule has 132 valence electrons. The Hall–Kier alpha value is -2.37. The van der Waals surface area contributed by atoms with Crippen molar-refractivity contribution in [3.8, 4) is 0 Å². The first-order chi connectivity index (χ1) is 13.2. The molecular weight excluding hydrogens is 312 g/mol. The summed E-state index contributed by atoms with van der Waals surface area (Å²) >= 11 is 0. The Bertz CT molecular complexity index is 736. The van der Waals surface area contributed by atoms with Crippen LogP contribution in [0.4, 0.5) is 0 Å². The van der Waals surface area contributed by atoms with Crippen LogP contribution >= 0.6 is 0 Å². The van der Waals surface area contributed by atoms with Crippen LogP contribution in [0.2, 0.25) is 0 Å². The average Bonchev–Trinajstić information content (AvgIpc) is 2.63. The van der Waals surface area contributed by atoms with E-state index in [-0.39, 0.29) is 13.0 Å². The van der Waals surface area contributed by atoms with Crippen LogP contribution in [0.3, 0.4) is 0 Å². The van der Waals surface area contributed by atoms with Crippen molar-refractivity contribution < 1.29 is 34.8 Å². The molecule has 0 aromatic heterocycles. The predicted molar refractivity (Wildman–Crippen MR) is 88.3 cm³/mol. The summed E-state index contributed by atoms with van der Waals surface area (Å²) in [6, 6.07) is -2.93. The molecule has 0 aliphatic rings. The minimum absolute atomic E-state index is 0.0135. The lowest BCUT2D eigenvalue weighted by molar-refractivity contribution is -0.137. The largest absolute Gasteiger partial charge is 0.481 e. The van der Waals surface area contributed by atoms with Gasteiger partial charge in [-0.3, -0.25) is 4.79 Å². The molecule has 0 amide bonds. The molecular formula is C18H24O6. The van der Waals surface area contributed by atoms with Crippen molar-refractivity contribution in [3.05, 3.63) is 35.3 Å². The fraction of sp³-hybridized carbons (Fsp3) is 0.500. The molecule has 0 bridgehead atoms. The van der Waals surface area contributed by atoms with Gasteiger partial charge in [-0.15, -0.1) is 0 Å². The summed E-state index contributed by atoms with van der Waals surface area (Å²) in [6.07, 6.45) is 5.73. The van der Waals surface area contributed by atoms with Crippen LogP contribution in [0.25, 0.3) is 0 Å². The molecule has 0 spiro atoms. The van der Waals surface area contributed by atoms with Gasteiger partial charge in [0.2, 0.25) is 0 Å². The third-order valence-corrected chi connectivity index (χ3v) is 3.37. The van der Waals surface area contributed by atoms with Crippen LogP contribution in [0, 0.1) is 0 Å². The zero-order valence-corrected chi connectivity index (χ0v) is 13.4. The van der Waals surface area contributed by atoms with Crippen molar-refractivity contribution in [1.29, 1.82) is 0 Å². The Morgan fingerprint density at radius 1 is 0.875 bits per heavy atom. The Kier molecular flexibility index (Phi) is 6.55. The summed E-state index contributed by atoms with van der Waals surface area (Å²) in [5, 5.41) is 17.7.